The Bertz CT molecular complexity index is 248. The Hall–Kier alpha value is 0.170. The average molecular weight is 263 g/mol. The summed E-state index contributed by atoms with van der Waals surface area (Å²) in [5.74, 6) is 0.784. The lowest BCUT2D eigenvalue weighted by atomic mass is 9.80. The van der Waals surface area contributed by atoms with Gasteiger partial charge < -0.3 is 5.32 Å². The van der Waals surface area contributed by atoms with Crippen LogP contribution in [-0.2, 0) is 0 Å². The van der Waals surface area contributed by atoms with Crippen LogP contribution in [-0.4, -0.2) is 30.0 Å². The summed E-state index contributed by atoms with van der Waals surface area (Å²) in [6.45, 7) is 3.11. The van der Waals surface area contributed by atoms with Crippen molar-refractivity contribution in [2.75, 3.05) is 18.1 Å². The second-order valence-corrected chi connectivity index (χ2v) is 6.59. The third kappa shape index (κ3) is 3.82. The van der Waals surface area contributed by atoms with Crippen molar-refractivity contribution in [3.05, 3.63) is 0 Å². The predicted molar refractivity (Wildman–Crippen MR) is 69.8 cm³/mol. The van der Waals surface area contributed by atoms with Crippen molar-refractivity contribution in [3.63, 3.8) is 0 Å². The van der Waals surface area contributed by atoms with Gasteiger partial charge in [0.15, 0.2) is 0 Å². The summed E-state index contributed by atoms with van der Waals surface area (Å²) in [5, 5.41) is 3.50. The summed E-state index contributed by atoms with van der Waals surface area (Å²) in [4.78, 5) is 0. The zero-order valence-corrected chi connectivity index (χ0v) is 11.4. The summed E-state index contributed by atoms with van der Waals surface area (Å²) in [6, 6.07) is 0.556. The van der Waals surface area contributed by atoms with E-state index in [1.54, 1.807) is 0 Å². The van der Waals surface area contributed by atoms with Gasteiger partial charge >= 0.3 is 0 Å². The Balaban J connectivity index is 1.83. The summed E-state index contributed by atoms with van der Waals surface area (Å²) < 4.78 is 26.7. The minimum Gasteiger partial charge on any atom is -0.313 e. The zero-order valence-electron chi connectivity index (χ0n) is 10.6. The number of thioether (sulfide) groups is 1. The Kier molecular flexibility index (Phi) is 4.70. The second-order valence-electron chi connectivity index (χ2n) is 5.52. The SMILES string of the molecule is CCNC1CSCC1CC1CCCC(F)(F)C1. The van der Waals surface area contributed by atoms with E-state index >= 15 is 0 Å². The monoisotopic (exact) mass is 263 g/mol. The summed E-state index contributed by atoms with van der Waals surface area (Å²) in [6.07, 6.45) is 2.96. The smallest absolute Gasteiger partial charge is 0.248 e. The van der Waals surface area contributed by atoms with Crippen molar-refractivity contribution in [1.29, 1.82) is 0 Å². The standard InChI is InChI=1S/C13H23F2NS/c1-2-16-12-9-17-8-11(12)6-10-4-3-5-13(14,15)7-10/h10-12,16H,2-9H2,1H3. The van der Waals surface area contributed by atoms with Crippen LogP contribution in [0.2, 0.25) is 0 Å². The van der Waals surface area contributed by atoms with E-state index in [-0.39, 0.29) is 18.8 Å². The molecule has 4 heteroatoms. The topological polar surface area (TPSA) is 12.0 Å². The molecule has 2 fully saturated rings. The Morgan fingerprint density at radius 3 is 2.88 bits per heavy atom. The minimum atomic E-state index is -2.39. The van der Waals surface area contributed by atoms with E-state index < -0.39 is 5.92 Å². The minimum absolute atomic E-state index is 0.111. The maximum absolute atomic E-state index is 13.4. The molecule has 0 amide bonds. The molecule has 0 aromatic carbocycles. The molecule has 100 valence electrons. The average Bonchev–Trinajstić information content (AvgIpc) is 2.65. The molecule has 1 aliphatic heterocycles. The third-order valence-electron chi connectivity index (χ3n) is 4.04. The number of alkyl halides is 2. The Morgan fingerprint density at radius 1 is 1.35 bits per heavy atom. The quantitative estimate of drug-likeness (QED) is 0.832. The molecule has 2 rings (SSSR count). The fourth-order valence-corrected chi connectivity index (χ4v) is 4.68. The lowest BCUT2D eigenvalue weighted by Gasteiger charge is -2.31. The van der Waals surface area contributed by atoms with Crippen molar-refractivity contribution in [1.82, 2.24) is 5.32 Å². The molecule has 1 N–H and O–H groups in total. The van der Waals surface area contributed by atoms with Crippen molar-refractivity contribution in [3.8, 4) is 0 Å². The van der Waals surface area contributed by atoms with Gasteiger partial charge in [0.1, 0.15) is 0 Å². The molecular weight excluding hydrogens is 240 g/mol. The number of nitrogens with one attached hydrogen (secondary N) is 1. The molecule has 0 aromatic heterocycles. The van der Waals surface area contributed by atoms with Gasteiger partial charge in [-0.3, -0.25) is 0 Å². The first kappa shape index (κ1) is 13.6. The van der Waals surface area contributed by atoms with Crippen LogP contribution in [0.5, 0.6) is 0 Å². The van der Waals surface area contributed by atoms with Gasteiger partial charge in [0, 0.05) is 24.6 Å². The molecule has 3 unspecified atom stereocenters. The van der Waals surface area contributed by atoms with Gasteiger partial charge in [-0.15, -0.1) is 0 Å². The lowest BCUT2D eigenvalue weighted by molar-refractivity contribution is -0.0556. The zero-order chi connectivity index (χ0) is 12.3. The van der Waals surface area contributed by atoms with Crippen LogP contribution < -0.4 is 5.32 Å². The molecule has 1 saturated carbocycles. The van der Waals surface area contributed by atoms with E-state index in [4.69, 9.17) is 0 Å². The van der Waals surface area contributed by atoms with Gasteiger partial charge in [-0.25, -0.2) is 8.78 Å². The van der Waals surface area contributed by atoms with Gasteiger partial charge in [0.2, 0.25) is 5.92 Å². The molecule has 1 heterocycles. The normalized spacial score (nSPS) is 37.2. The van der Waals surface area contributed by atoms with Gasteiger partial charge in [-0.2, -0.15) is 11.8 Å². The van der Waals surface area contributed by atoms with E-state index in [1.807, 2.05) is 11.8 Å². The summed E-state index contributed by atoms with van der Waals surface area (Å²) in [5.41, 5.74) is 0. The molecule has 1 nitrogen and oxygen atoms in total. The first-order valence-corrected chi connectivity index (χ1v) is 7.95. The van der Waals surface area contributed by atoms with Crippen molar-refractivity contribution < 1.29 is 8.78 Å². The van der Waals surface area contributed by atoms with Crippen LogP contribution in [0.1, 0.15) is 39.0 Å². The first-order chi connectivity index (χ1) is 8.11. The molecule has 17 heavy (non-hydrogen) atoms. The summed E-state index contributed by atoms with van der Waals surface area (Å²) >= 11 is 1.97. The molecule has 1 saturated heterocycles. The van der Waals surface area contributed by atoms with Crippen LogP contribution in [0, 0.1) is 11.8 Å². The molecule has 3 atom stereocenters. The van der Waals surface area contributed by atoms with E-state index in [9.17, 15) is 8.78 Å². The van der Waals surface area contributed by atoms with Crippen LogP contribution >= 0.6 is 11.8 Å². The highest BCUT2D eigenvalue weighted by atomic mass is 32.2. The molecule has 2 aliphatic rings. The van der Waals surface area contributed by atoms with E-state index in [0.29, 0.717) is 18.4 Å². The lowest BCUT2D eigenvalue weighted by Crippen LogP contribution is -2.37. The van der Waals surface area contributed by atoms with Crippen LogP contribution in [0.4, 0.5) is 8.78 Å². The second kappa shape index (κ2) is 5.87. The Labute approximate surface area is 107 Å². The van der Waals surface area contributed by atoms with E-state index in [0.717, 1.165) is 30.9 Å². The maximum Gasteiger partial charge on any atom is 0.248 e. The van der Waals surface area contributed by atoms with Gasteiger partial charge in [-0.1, -0.05) is 13.3 Å². The first-order valence-electron chi connectivity index (χ1n) is 6.79. The highest BCUT2D eigenvalue weighted by molar-refractivity contribution is 7.99. The fourth-order valence-electron chi connectivity index (χ4n) is 3.22. The molecule has 1 aliphatic carbocycles. The predicted octanol–water partition coefficient (Wildman–Crippen LogP) is 3.54. The molecule has 0 radical (unpaired) electrons. The molecule has 0 bridgehead atoms. The molecular formula is C13H23F2NS. The van der Waals surface area contributed by atoms with Crippen LogP contribution in [0.15, 0.2) is 0 Å². The van der Waals surface area contributed by atoms with Crippen LogP contribution in [0.3, 0.4) is 0 Å². The van der Waals surface area contributed by atoms with Crippen LogP contribution in [0.25, 0.3) is 0 Å². The molecule has 0 aromatic rings. The van der Waals surface area contributed by atoms with Gasteiger partial charge in [0.25, 0.3) is 0 Å². The number of hydrogen-bond donors (Lipinski definition) is 1. The largest absolute Gasteiger partial charge is 0.313 e. The fraction of sp³-hybridized carbons (Fsp3) is 1.00. The van der Waals surface area contributed by atoms with E-state index in [1.165, 1.54) is 0 Å². The van der Waals surface area contributed by atoms with Crippen molar-refractivity contribution >= 4 is 11.8 Å². The molecule has 0 spiro atoms. The highest BCUT2D eigenvalue weighted by Crippen LogP contribution is 2.41. The number of hydrogen-bond acceptors (Lipinski definition) is 2. The Morgan fingerprint density at radius 2 is 2.18 bits per heavy atom. The number of halogens is 2. The van der Waals surface area contributed by atoms with E-state index in [2.05, 4.69) is 12.2 Å². The van der Waals surface area contributed by atoms with Crippen molar-refractivity contribution in [2.45, 2.75) is 51.0 Å². The van der Waals surface area contributed by atoms with Crippen molar-refractivity contribution in [2.24, 2.45) is 11.8 Å². The third-order valence-corrected chi connectivity index (χ3v) is 5.30. The van der Waals surface area contributed by atoms with Gasteiger partial charge in [0.05, 0.1) is 0 Å². The summed E-state index contributed by atoms with van der Waals surface area (Å²) in [7, 11) is 0. The maximum atomic E-state index is 13.4. The number of rotatable bonds is 4. The van der Waals surface area contributed by atoms with Gasteiger partial charge in [-0.05, 0) is 37.0 Å². The highest BCUT2D eigenvalue weighted by Gasteiger charge is 2.38.